The van der Waals surface area contributed by atoms with Crippen molar-refractivity contribution in [2.45, 2.75) is 51.5 Å². The van der Waals surface area contributed by atoms with Gasteiger partial charge >= 0.3 is 6.03 Å². The predicted molar refractivity (Wildman–Crippen MR) is 165 cm³/mol. The van der Waals surface area contributed by atoms with Gasteiger partial charge in [0.2, 0.25) is 11.8 Å². The van der Waals surface area contributed by atoms with E-state index in [0.717, 1.165) is 17.4 Å². The minimum Gasteiger partial charge on any atom is -0.423 e. The first-order chi connectivity index (χ1) is 19.9. The average Bonchev–Trinajstić information content (AvgIpc) is 3.70. The zero-order valence-electron chi connectivity index (χ0n) is 22.5. The Balaban J connectivity index is 0.00000221. The van der Waals surface area contributed by atoms with Gasteiger partial charge in [-0.1, -0.05) is 33.1 Å². The van der Waals surface area contributed by atoms with E-state index in [-0.39, 0.29) is 44.0 Å². The summed E-state index contributed by atoms with van der Waals surface area (Å²) in [6.07, 6.45) is 0.975. The van der Waals surface area contributed by atoms with Crippen LogP contribution in [0.2, 0.25) is 0 Å². The van der Waals surface area contributed by atoms with Gasteiger partial charge in [0.15, 0.2) is 15.1 Å². The molecule has 13 nitrogen and oxygen atoms in total. The highest BCUT2D eigenvalue weighted by Crippen LogP contribution is 2.37. The monoisotopic (exact) mass is 642 g/mol. The van der Waals surface area contributed by atoms with Crippen LogP contribution in [0.25, 0.3) is 21.3 Å². The molecule has 0 spiro atoms. The molecular weight excluding hydrogens is 608 g/mol. The van der Waals surface area contributed by atoms with Crippen LogP contribution in [0.15, 0.2) is 46.9 Å². The fraction of sp³-hybridized carbons (Fsp3) is 0.379. The zero-order chi connectivity index (χ0) is 29.8. The summed E-state index contributed by atoms with van der Waals surface area (Å²) < 4.78 is 32.2. The second-order valence-corrected chi connectivity index (χ2v) is 13.9. The van der Waals surface area contributed by atoms with E-state index >= 15 is 0 Å². The number of likely N-dealkylation sites (tertiary alicyclic amines) is 1. The van der Waals surface area contributed by atoms with Crippen LogP contribution in [-0.4, -0.2) is 82.4 Å². The van der Waals surface area contributed by atoms with E-state index in [2.05, 4.69) is 25.8 Å². The minimum atomic E-state index is -3.81. The van der Waals surface area contributed by atoms with Crippen molar-refractivity contribution in [3.05, 3.63) is 64.8 Å². The first kappa shape index (κ1) is 32.7. The van der Waals surface area contributed by atoms with Crippen LogP contribution in [0, 0.1) is 0 Å². The number of benzene rings is 2. The highest BCUT2D eigenvalue weighted by molar-refractivity contribution is 7.91. The molecule has 15 heteroatoms. The quantitative estimate of drug-likeness (QED) is 0.253. The molecule has 0 saturated carbocycles. The normalized spacial score (nSPS) is 20.5. The fourth-order valence-corrected chi connectivity index (χ4v) is 7.63. The summed E-state index contributed by atoms with van der Waals surface area (Å²) in [5, 5.41) is 21.2. The summed E-state index contributed by atoms with van der Waals surface area (Å²) in [6.45, 7) is 2.32. The summed E-state index contributed by atoms with van der Waals surface area (Å²) >= 11 is 1.17. The Morgan fingerprint density at radius 1 is 1.18 bits per heavy atom. The molecule has 2 aliphatic rings. The van der Waals surface area contributed by atoms with Gasteiger partial charge in [0.1, 0.15) is 10.5 Å². The summed E-state index contributed by atoms with van der Waals surface area (Å²) in [5.41, 5.74) is 1.39. The molecule has 2 aliphatic heterocycles. The molecule has 0 radical (unpaired) electrons. The van der Waals surface area contributed by atoms with Crippen LogP contribution in [0.5, 0.6) is 0 Å². The number of fused-ring (bicyclic) bond motifs is 1. The van der Waals surface area contributed by atoms with Crippen molar-refractivity contribution in [1.82, 2.24) is 30.7 Å². The third kappa shape index (κ3) is 6.21. The van der Waals surface area contributed by atoms with Crippen molar-refractivity contribution >= 4 is 49.2 Å². The third-order valence-corrected chi connectivity index (χ3v) is 9.79. The lowest BCUT2D eigenvalue weighted by Gasteiger charge is -2.17. The highest BCUT2D eigenvalue weighted by Gasteiger charge is 2.44. The average molecular weight is 643 g/mol. The number of thiazole rings is 1. The molecule has 3 N–H and O–H groups in total. The number of imide groups is 1. The molecule has 44 heavy (non-hydrogen) atoms. The Kier molecular flexibility index (Phi) is 8.96. The number of urea groups is 1. The minimum absolute atomic E-state index is 0. The predicted octanol–water partition coefficient (Wildman–Crippen LogP) is 3.10. The largest absolute Gasteiger partial charge is 0.423 e. The van der Waals surface area contributed by atoms with E-state index in [1.165, 1.54) is 18.3 Å². The van der Waals surface area contributed by atoms with Crippen molar-refractivity contribution in [1.29, 1.82) is 0 Å². The van der Waals surface area contributed by atoms with Gasteiger partial charge in [0, 0.05) is 24.9 Å². The Morgan fingerprint density at radius 2 is 1.93 bits per heavy atom. The summed E-state index contributed by atoms with van der Waals surface area (Å²) in [6, 6.07) is 12.1. The molecule has 3 atom stereocenters. The molecule has 4 aromatic rings. The van der Waals surface area contributed by atoms with Crippen LogP contribution < -0.4 is 10.6 Å². The van der Waals surface area contributed by atoms with Gasteiger partial charge in [-0.05, 0) is 48.7 Å². The topological polar surface area (TPSA) is 185 Å². The van der Waals surface area contributed by atoms with E-state index in [1.54, 1.807) is 29.2 Å². The lowest BCUT2D eigenvalue weighted by Crippen LogP contribution is -2.45. The van der Waals surface area contributed by atoms with Crippen LogP contribution in [0.4, 0.5) is 4.79 Å². The third-order valence-electron chi connectivity index (χ3n) is 7.28. The van der Waals surface area contributed by atoms with Gasteiger partial charge in [-0.25, -0.2) is 18.2 Å². The maximum Gasteiger partial charge on any atom is 0.322 e. The number of carbonyl (C=O) groups is 3. The van der Waals surface area contributed by atoms with Gasteiger partial charge in [0.05, 0.1) is 22.7 Å². The summed E-state index contributed by atoms with van der Waals surface area (Å²) in [4.78, 5) is 42.9. The summed E-state index contributed by atoms with van der Waals surface area (Å²) in [5.74, 6) is -0.911. The van der Waals surface area contributed by atoms with Crippen molar-refractivity contribution in [2.75, 3.05) is 19.3 Å². The molecule has 234 valence electrons. The van der Waals surface area contributed by atoms with E-state index in [1.807, 2.05) is 18.2 Å². The van der Waals surface area contributed by atoms with E-state index < -0.39 is 38.7 Å². The number of aliphatic hydroxyl groups excluding tert-OH is 1. The Labute approximate surface area is 258 Å². The fourth-order valence-electron chi connectivity index (χ4n) is 5.10. The lowest BCUT2D eigenvalue weighted by atomic mass is 9.98. The van der Waals surface area contributed by atoms with Crippen molar-refractivity contribution < 1.29 is 32.3 Å². The number of nitrogens with zero attached hydrogens (tertiary/aromatic N) is 4. The number of hydrogen-bond acceptors (Lipinski definition) is 11. The van der Waals surface area contributed by atoms with Gasteiger partial charge in [-0.2, -0.15) is 0 Å². The molecule has 4 heterocycles. The van der Waals surface area contributed by atoms with Crippen molar-refractivity contribution in [2.24, 2.45) is 0 Å². The number of rotatable bonds is 7. The van der Waals surface area contributed by atoms with Crippen LogP contribution in [0.1, 0.15) is 60.6 Å². The second-order valence-electron chi connectivity index (χ2n) is 10.7. The van der Waals surface area contributed by atoms with Gasteiger partial charge in [-0.3, -0.25) is 14.9 Å². The van der Waals surface area contributed by atoms with Crippen LogP contribution >= 0.6 is 11.3 Å². The van der Waals surface area contributed by atoms with Crippen molar-refractivity contribution in [3.63, 3.8) is 0 Å². The molecule has 6 rings (SSSR count). The first-order valence-corrected chi connectivity index (χ1v) is 15.8. The molecule has 4 amide bonds. The van der Waals surface area contributed by atoms with Gasteiger partial charge < -0.3 is 19.7 Å². The Bertz CT molecular complexity index is 1850. The van der Waals surface area contributed by atoms with Gasteiger partial charge in [-0.15, -0.1) is 21.5 Å². The maximum atomic E-state index is 12.9. The second kappa shape index (κ2) is 12.1. The van der Waals surface area contributed by atoms with E-state index in [4.69, 9.17) is 4.42 Å². The molecule has 2 aromatic carbocycles. The molecule has 2 fully saturated rings. The van der Waals surface area contributed by atoms with E-state index in [0.29, 0.717) is 35.3 Å². The number of sulfone groups is 1. The molecule has 2 unspecified atom stereocenters. The zero-order valence-corrected chi connectivity index (χ0v) is 24.2. The number of β-amino-alcohol motifs (C(OH)–C–C–N with tert-alkyl or cyclic N) is 1. The molecular formula is C29H34N6O7S2. The van der Waals surface area contributed by atoms with E-state index in [9.17, 15) is 27.9 Å². The first-order valence-electron chi connectivity index (χ1n) is 13.0. The number of carbonyl (C=O) groups excluding carboxylic acids is 3. The van der Waals surface area contributed by atoms with Crippen LogP contribution in [-0.2, 0) is 21.1 Å². The van der Waals surface area contributed by atoms with Crippen molar-refractivity contribution in [3.8, 4) is 11.1 Å². The number of amides is 4. The van der Waals surface area contributed by atoms with Crippen LogP contribution in [0.3, 0.4) is 0 Å². The number of aromatic nitrogens is 3. The SMILES string of the molecule is C.C.CC1(Cc2nnc(C(c3nc4ccc(-c5cccc(C(=O)N6CC[C@@H](O)C6)c5)cc4s3)S(C)(=O)=O)o2)NC(=O)NC1=O. The molecule has 0 bridgehead atoms. The smallest absolute Gasteiger partial charge is 0.322 e. The number of hydrogen-bond donors (Lipinski definition) is 3. The standard InChI is InChI=1S/C27H26N6O7S2.2CH4/c1-27(25(36)29-26(37)30-27)12-20-31-32-22(40-20)21(42(2,38)39)23-28-18-7-6-15(11-19(18)41-23)14-4-3-5-16(10-14)24(35)33-9-8-17(34)13-33;;/h3-7,10-11,17,21,34H,8-9,12-13H2,1-2H3,(H2,29,30,36,37);2*1H4/t17-,21?,27?;;/m1../s1. The molecule has 2 saturated heterocycles. The number of nitrogens with one attached hydrogen (secondary N) is 2. The lowest BCUT2D eigenvalue weighted by molar-refractivity contribution is -0.123. The number of aliphatic hydroxyl groups is 1. The highest BCUT2D eigenvalue weighted by atomic mass is 32.2. The molecule has 0 aliphatic carbocycles. The molecule has 2 aromatic heterocycles. The Morgan fingerprint density at radius 3 is 2.59 bits per heavy atom. The van der Waals surface area contributed by atoms with Gasteiger partial charge in [0.25, 0.3) is 11.8 Å². The Hall–Kier alpha value is -4.21. The maximum absolute atomic E-state index is 12.9. The summed E-state index contributed by atoms with van der Waals surface area (Å²) in [7, 11) is -3.81.